The number of carbonyl (C=O) groups is 1. The molecule has 1 aliphatic rings. The van der Waals surface area contributed by atoms with Crippen LogP contribution in [-0.2, 0) is 16.4 Å². The lowest BCUT2D eigenvalue weighted by Gasteiger charge is -2.11. The Morgan fingerprint density at radius 2 is 1.96 bits per heavy atom. The Kier molecular flexibility index (Phi) is 4.19. The van der Waals surface area contributed by atoms with Gasteiger partial charge in [0.25, 0.3) is 10.0 Å². The maximum atomic E-state index is 14.1. The Morgan fingerprint density at radius 1 is 1.21 bits per heavy atom. The zero-order chi connectivity index (χ0) is 17.5. The van der Waals surface area contributed by atoms with Crippen LogP contribution >= 0.6 is 11.6 Å². The predicted molar refractivity (Wildman–Crippen MR) is 92.1 cm³/mol. The topological polar surface area (TPSA) is 63.2 Å². The summed E-state index contributed by atoms with van der Waals surface area (Å²) in [6.07, 6.45) is 2.00. The van der Waals surface area contributed by atoms with Crippen LogP contribution in [0.3, 0.4) is 0 Å². The van der Waals surface area contributed by atoms with Gasteiger partial charge in [0, 0.05) is 10.6 Å². The third kappa shape index (κ3) is 3.07. The molecule has 1 N–H and O–H groups in total. The Morgan fingerprint density at radius 3 is 2.62 bits per heavy atom. The highest BCUT2D eigenvalue weighted by molar-refractivity contribution is 8.01. The van der Waals surface area contributed by atoms with E-state index < -0.39 is 15.8 Å². The Balaban J connectivity index is 1.93. The van der Waals surface area contributed by atoms with Crippen molar-refractivity contribution in [3.63, 3.8) is 0 Å². The zero-order valence-corrected chi connectivity index (χ0v) is 14.2. The molecule has 0 amide bonds. The Labute approximate surface area is 144 Å². The summed E-state index contributed by atoms with van der Waals surface area (Å²) >= 11 is 5.91. The van der Waals surface area contributed by atoms with Gasteiger partial charge in [0.2, 0.25) is 0 Å². The second kappa shape index (κ2) is 6.03. The van der Waals surface area contributed by atoms with E-state index in [0.29, 0.717) is 17.0 Å². The maximum Gasteiger partial charge on any atom is 0.262 e. The number of Topliss-reactive ketones (excluding diaryl/α,β-unsaturated/α-hetero) is 1. The molecule has 2 aromatic carbocycles. The normalized spacial score (nSPS) is 13.4. The highest BCUT2D eigenvalue weighted by Gasteiger charge is 2.26. The Bertz CT molecular complexity index is 983. The van der Waals surface area contributed by atoms with Gasteiger partial charge >= 0.3 is 0 Å². The van der Waals surface area contributed by atoms with Crippen LogP contribution in [0, 0.1) is 5.82 Å². The molecule has 7 heteroatoms. The molecule has 1 aliphatic carbocycles. The molecule has 2 aromatic rings. The average Bonchev–Trinajstić information content (AvgIpc) is 2.92. The van der Waals surface area contributed by atoms with Gasteiger partial charge in [-0.25, -0.2) is 12.8 Å². The van der Waals surface area contributed by atoms with Gasteiger partial charge in [0.05, 0.1) is 10.6 Å². The lowest BCUT2D eigenvalue weighted by molar-refractivity contribution is 0.101. The van der Waals surface area contributed by atoms with Crippen LogP contribution in [0.4, 0.5) is 10.1 Å². The second-order valence-electron chi connectivity index (χ2n) is 5.43. The number of hydrogen-bond donors (Lipinski definition) is 1. The number of nitrogens with one attached hydrogen (secondary N) is 1. The van der Waals surface area contributed by atoms with Crippen LogP contribution in [0.1, 0.15) is 28.4 Å². The van der Waals surface area contributed by atoms with E-state index in [2.05, 4.69) is 4.72 Å². The number of rotatable bonds is 4. The van der Waals surface area contributed by atoms with Gasteiger partial charge in [-0.3, -0.25) is 9.52 Å². The molecule has 4 nitrogen and oxygen atoms in total. The van der Waals surface area contributed by atoms with Crippen molar-refractivity contribution in [3.8, 4) is 0 Å². The van der Waals surface area contributed by atoms with E-state index in [1.807, 2.05) is 0 Å². The molecule has 3 rings (SSSR count). The molecular formula is C17H13ClFNO3S. The number of benzene rings is 2. The molecule has 0 saturated heterocycles. The quantitative estimate of drug-likeness (QED) is 0.832. The van der Waals surface area contributed by atoms with Crippen molar-refractivity contribution >= 4 is 38.0 Å². The van der Waals surface area contributed by atoms with E-state index in [0.717, 1.165) is 11.6 Å². The fourth-order valence-electron chi connectivity index (χ4n) is 2.56. The van der Waals surface area contributed by atoms with E-state index in [9.17, 15) is 17.6 Å². The van der Waals surface area contributed by atoms with Gasteiger partial charge in [-0.15, -0.1) is 0 Å². The third-order valence-electron chi connectivity index (χ3n) is 3.75. The first-order valence-electron chi connectivity index (χ1n) is 7.10. The average molecular weight is 366 g/mol. The highest BCUT2D eigenvalue weighted by Crippen LogP contribution is 2.34. The number of anilines is 1. The van der Waals surface area contributed by atoms with Crippen LogP contribution in [0.15, 0.2) is 42.5 Å². The monoisotopic (exact) mass is 365 g/mol. The first-order valence-corrected chi connectivity index (χ1v) is 8.96. The van der Waals surface area contributed by atoms with E-state index in [-0.39, 0.29) is 21.9 Å². The van der Waals surface area contributed by atoms with Crippen molar-refractivity contribution in [3.05, 3.63) is 70.0 Å². The van der Waals surface area contributed by atoms with Crippen LogP contribution in [0.5, 0.6) is 0 Å². The van der Waals surface area contributed by atoms with E-state index in [4.69, 9.17) is 11.6 Å². The lowest BCUT2D eigenvalue weighted by Crippen LogP contribution is -2.15. The van der Waals surface area contributed by atoms with E-state index in [1.165, 1.54) is 19.1 Å². The molecule has 0 bridgehead atoms. The summed E-state index contributed by atoms with van der Waals surface area (Å²) in [5.74, 6) is -1.10. The van der Waals surface area contributed by atoms with Crippen molar-refractivity contribution in [2.75, 3.05) is 4.72 Å². The number of halogens is 2. The lowest BCUT2D eigenvalue weighted by atomic mass is 10.1. The van der Waals surface area contributed by atoms with Crippen LogP contribution in [0.2, 0.25) is 5.02 Å². The fraction of sp³-hybridized carbons (Fsp3) is 0.118. The Hall–Kier alpha value is -2.18. The van der Waals surface area contributed by atoms with Crippen LogP contribution < -0.4 is 4.72 Å². The summed E-state index contributed by atoms with van der Waals surface area (Å²) in [6.45, 7) is 1.31. The number of ketones is 1. The summed E-state index contributed by atoms with van der Waals surface area (Å²) in [4.78, 5) is 11.3. The summed E-state index contributed by atoms with van der Waals surface area (Å²) in [5.41, 5.74) is 1.32. The molecule has 124 valence electrons. The molecular weight excluding hydrogens is 353 g/mol. The van der Waals surface area contributed by atoms with Gasteiger partial charge in [-0.1, -0.05) is 23.7 Å². The largest absolute Gasteiger partial charge is 0.295 e. The van der Waals surface area contributed by atoms with Crippen molar-refractivity contribution in [1.29, 1.82) is 0 Å². The molecule has 0 spiro atoms. The summed E-state index contributed by atoms with van der Waals surface area (Å²) in [7, 11) is -3.95. The molecule has 24 heavy (non-hydrogen) atoms. The molecule has 0 unspecified atom stereocenters. The number of allylic oxidation sites excluding steroid dienone is 1. The van der Waals surface area contributed by atoms with Gasteiger partial charge in [0.15, 0.2) is 5.78 Å². The zero-order valence-electron chi connectivity index (χ0n) is 12.6. The molecule has 0 saturated carbocycles. The first-order chi connectivity index (χ1) is 11.3. The SMILES string of the molecule is CC(=O)c1ccc(NS(=O)(=O)C2=CCc3cc(Cl)ccc32)c(F)c1. The molecule has 0 aliphatic heterocycles. The highest BCUT2D eigenvalue weighted by atomic mass is 35.5. The van der Waals surface area contributed by atoms with Gasteiger partial charge < -0.3 is 0 Å². The number of sulfonamides is 1. The van der Waals surface area contributed by atoms with Crippen molar-refractivity contribution in [2.45, 2.75) is 13.3 Å². The van der Waals surface area contributed by atoms with Crippen LogP contribution in [-0.4, -0.2) is 14.2 Å². The van der Waals surface area contributed by atoms with Gasteiger partial charge in [0.1, 0.15) is 5.82 Å². The van der Waals surface area contributed by atoms with Gasteiger partial charge in [-0.2, -0.15) is 0 Å². The molecule has 0 fully saturated rings. The van der Waals surface area contributed by atoms with Crippen molar-refractivity contribution in [1.82, 2.24) is 0 Å². The number of fused-ring (bicyclic) bond motifs is 1. The van der Waals surface area contributed by atoms with Crippen molar-refractivity contribution in [2.24, 2.45) is 0 Å². The number of hydrogen-bond acceptors (Lipinski definition) is 3. The molecule has 0 radical (unpaired) electrons. The summed E-state index contributed by atoms with van der Waals surface area (Å²) in [6, 6.07) is 8.57. The third-order valence-corrected chi connectivity index (χ3v) is 5.44. The molecule has 0 aromatic heterocycles. The minimum atomic E-state index is -3.95. The summed E-state index contributed by atoms with van der Waals surface area (Å²) in [5, 5.41) is 0.527. The molecule has 0 atom stereocenters. The number of carbonyl (C=O) groups excluding carboxylic acids is 1. The fourth-order valence-corrected chi connectivity index (χ4v) is 4.11. The minimum Gasteiger partial charge on any atom is -0.295 e. The predicted octanol–water partition coefficient (Wildman–Crippen LogP) is 4.02. The second-order valence-corrected chi connectivity index (χ2v) is 7.52. The standard InChI is InChI=1S/C17H13ClFNO3S/c1-10(21)11-2-6-16(15(19)9-11)20-24(22,23)17-7-3-12-8-13(18)4-5-14(12)17/h2,4-9,20H,3H2,1H3. The molecule has 0 heterocycles. The van der Waals surface area contributed by atoms with Crippen LogP contribution in [0.25, 0.3) is 4.91 Å². The summed E-state index contributed by atoms with van der Waals surface area (Å²) < 4.78 is 41.4. The van der Waals surface area contributed by atoms with E-state index >= 15 is 0 Å². The smallest absolute Gasteiger partial charge is 0.262 e. The van der Waals surface area contributed by atoms with Gasteiger partial charge in [-0.05, 0) is 54.8 Å². The maximum absolute atomic E-state index is 14.1. The van der Waals surface area contributed by atoms with Crippen molar-refractivity contribution < 1.29 is 17.6 Å². The minimum absolute atomic E-state index is 0.0872. The van der Waals surface area contributed by atoms with E-state index in [1.54, 1.807) is 24.3 Å². The first kappa shape index (κ1) is 16.7.